The third-order valence-electron chi connectivity index (χ3n) is 5.16. The lowest BCUT2D eigenvalue weighted by Gasteiger charge is -2.23. The van der Waals surface area contributed by atoms with Gasteiger partial charge in [0.2, 0.25) is 5.91 Å². The van der Waals surface area contributed by atoms with Crippen molar-refractivity contribution in [3.63, 3.8) is 0 Å². The molecule has 0 bridgehead atoms. The van der Waals surface area contributed by atoms with Crippen molar-refractivity contribution in [2.75, 3.05) is 7.11 Å². The number of nitrogens with zero attached hydrogens (tertiary/aromatic N) is 3. The van der Waals surface area contributed by atoms with Gasteiger partial charge in [-0.15, -0.1) is 0 Å². The number of methoxy groups -OCH3 is 1. The molecule has 27 heavy (non-hydrogen) atoms. The summed E-state index contributed by atoms with van der Waals surface area (Å²) >= 11 is 0. The van der Waals surface area contributed by atoms with E-state index >= 15 is 0 Å². The normalized spacial score (nSPS) is 13.7. The standard InChI is InChI=1S/C22H25N3O2/c1-3-21-23-19-6-4-5-7-20(19)25(21)15-22(26)24(17-10-11-17)14-16-8-12-18(27-2)13-9-16/h4-9,12-13,17H,3,10-11,14-15H2,1-2H3. The number of hydrogen-bond donors (Lipinski definition) is 0. The number of fused-ring (bicyclic) bond motifs is 1. The Morgan fingerprint density at radius 2 is 1.93 bits per heavy atom. The van der Waals surface area contributed by atoms with Crippen LogP contribution in [0.15, 0.2) is 48.5 Å². The van der Waals surface area contributed by atoms with E-state index in [-0.39, 0.29) is 5.91 Å². The minimum Gasteiger partial charge on any atom is -0.497 e. The second-order valence-electron chi connectivity index (χ2n) is 7.06. The highest BCUT2D eigenvalue weighted by Crippen LogP contribution is 2.29. The Morgan fingerprint density at radius 1 is 1.19 bits per heavy atom. The van der Waals surface area contributed by atoms with E-state index in [1.165, 1.54) is 0 Å². The summed E-state index contributed by atoms with van der Waals surface area (Å²) in [6, 6.07) is 16.4. The summed E-state index contributed by atoms with van der Waals surface area (Å²) in [7, 11) is 1.66. The third kappa shape index (κ3) is 3.68. The molecule has 0 saturated heterocycles. The van der Waals surface area contributed by atoms with E-state index < -0.39 is 0 Å². The monoisotopic (exact) mass is 363 g/mol. The number of aromatic nitrogens is 2. The first kappa shape index (κ1) is 17.6. The van der Waals surface area contributed by atoms with Crippen molar-refractivity contribution in [1.82, 2.24) is 14.5 Å². The molecule has 140 valence electrons. The summed E-state index contributed by atoms with van der Waals surface area (Å²) in [6.07, 6.45) is 2.99. The van der Waals surface area contributed by atoms with Crippen molar-refractivity contribution in [2.45, 2.75) is 45.3 Å². The Bertz CT molecular complexity index is 942. The van der Waals surface area contributed by atoms with Gasteiger partial charge in [-0.25, -0.2) is 4.98 Å². The lowest BCUT2D eigenvalue weighted by molar-refractivity contribution is -0.133. The summed E-state index contributed by atoms with van der Waals surface area (Å²) in [5, 5.41) is 0. The summed E-state index contributed by atoms with van der Waals surface area (Å²) in [4.78, 5) is 19.9. The molecule has 1 aliphatic carbocycles. The maximum atomic E-state index is 13.2. The molecule has 1 heterocycles. The molecule has 1 aliphatic rings. The first-order chi connectivity index (χ1) is 13.2. The van der Waals surface area contributed by atoms with Crippen LogP contribution in [-0.4, -0.2) is 33.5 Å². The maximum Gasteiger partial charge on any atom is 0.243 e. The molecular weight excluding hydrogens is 338 g/mol. The van der Waals surface area contributed by atoms with Crippen LogP contribution in [0.2, 0.25) is 0 Å². The van der Waals surface area contributed by atoms with Crippen LogP contribution in [-0.2, 0) is 24.3 Å². The Hall–Kier alpha value is -2.82. The molecule has 1 saturated carbocycles. The number of benzene rings is 2. The van der Waals surface area contributed by atoms with Gasteiger partial charge in [0.15, 0.2) is 0 Å². The summed E-state index contributed by atoms with van der Waals surface area (Å²) < 4.78 is 7.30. The number of rotatable bonds is 7. The predicted molar refractivity (Wildman–Crippen MR) is 106 cm³/mol. The van der Waals surface area contributed by atoms with Crippen LogP contribution in [0.5, 0.6) is 5.75 Å². The highest BCUT2D eigenvalue weighted by atomic mass is 16.5. The van der Waals surface area contributed by atoms with E-state index in [0.717, 1.165) is 47.4 Å². The molecule has 0 spiro atoms. The molecule has 0 unspecified atom stereocenters. The molecular formula is C22H25N3O2. The van der Waals surface area contributed by atoms with Gasteiger partial charge in [-0.1, -0.05) is 31.2 Å². The highest BCUT2D eigenvalue weighted by Gasteiger charge is 2.33. The zero-order valence-electron chi connectivity index (χ0n) is 15.9. The lowest BCUT2D eigenvalue weighted by atomic mass is 10.2. The van der Waals surface area contributed by atoms with E-state index in [1.807, 2.05) is 53.4 Å². The highest BCUT2D eigenvalue weighted by molar-refractivity contribution is 5.81. The van der Waals surface area contributed by atoms with Crippen LogP contribution >= 0.6 is 0 Å². The van der Waals surface area contributed by atoms with Crippen molar-refractivity contribution in [1.29, 1.82) is 0 Å². The molecule has 0 N–H and O–H groups in total. The fraction of sp³-hybridized carbons (Fsp3) is 0.364. The summed E-state index contributed by atoms with van der Waals surface area (Å²) in [5.74, 6) is 1.96. The van der Waals surface area contributed by atoms with Gasteiger partial charge in [0.05, 0.1) is 18.1 Å². The Labute approximate surface area is 159 Å². The number of aryl methyl sites for hydroxylation is 1. The molecule has 4 rings (SSSR count). The van der Waals surface area contributed by atoms with Gasteiger partial charge in [0.1, 0.15) is 18.1 Å². The zero-order valence-corrected chi connectivity index (χ0v) is 15.9. The number of imidazole rings is 1. The van der Waals surface area contributed by atoms with Crippen LogP contribution in [0.3, 0.4) is 0 Å². The number of amides is 1. The number of ether oxygens (including phenoxy) is 1. The van der Waals surface area contributed by atoms with Gasteiger partial charge >= 0.3 is 0 Å². The lowest BCUT2D eigenvalue weighted by Crippen LogP contribution is -2.35. The molecule has 2 aromatic carbocycles. The van der Waals surface area contributed by atoms with Crippen molar-refractivity contribution in [3.8, 4) is 5.75 Å². The van der Waals surface area contributed by atoms with Crippen molar-refractivity contribution >= 4 is 16.9 Å². The fourth-order valence-electron chi connectivity index (χ4n) is 3.53. The van der Waals surface area contributed by atoms with Gasteiger partial charge in [-0.2, -0.15) is 0 Å². The van der Waals surface area contributed by atoms with Gasteiger partial charge in [0.25, 0.3) is 0 Å². The zero-order chi connectivity index (χ0) is 18.8. The Balaban J connectivity index is 1.56. The van der Waals surface area contributed by atoms with Crippen LogP contribution in [0, 0.1) is 0 Å². The third-order valence-corrected chi connectivity index (χ3v) is 5.16. The number of carbonyl (C=O) groups is 1. The topological polar surface area (TPSA) is 47.4 Å². The van der Waals surface area contributed by atoms with Crippen molar-refractivity contribution < 1.29 is 9.53 Å². The van der Waals surface area contributed by atoms with Gasteiger partial charge < -0.3 is 14.2 Å². The number of para-hydroxylation sites is 2. The first-order valence-electron chi connectivity index (χ1n) is 9.56. The summed E-state index contributed by atoms with van der Waals surface area (Å²) in [6.45, 7) is 3.07. The molecule has 0 aliphatic heterocycles. The van der Waals surface area contributed by atoms with Crippen LogP contribution < -0.4 is 4.74 Å². The number of hydrogen-bond acceptors (Lipinski definition) is 3. The van der Waals surface area contributed by atoms with E-state index in [2.05, 4.69) is 16.5 Å². The van der Waals surface area contributed by atoms with Gasteiger partial charge in [-0.3, -0.25) is 4.79 Å². The minimum absolute atomic E-state index is 0.158. The average molecular weight is 363 g/mol. The van der Waals surface area contributed by atoms with E-state index in [9.17, 15) is 4.79 Å². The predicted octanol–water partition coefficient (Wildman–Crippen LogP) is 3.80. The molecule has 1 aromatic heterocycles. The Morgan fingerprint density at radius 3 is 2.59 bits per heavy atom. The Kier molecular flexibility index (Phi) is 4.84. The SMILES string of the molecule is CCc1nc2ccccc2n1CC(=O)N(Cc1ccc(OC)cc1)C1CC1. The largest absolute Gasteiger partial charge is 0.497 e. The van der Waals surface area contributed by atoms with Crippen LogP contribution in [0.1, 0.15) is 31.2 Å². The summed E-state index contributed by atoms with van der Waals surface area (Å²) in [5.41, 5.74) is 3.11. The molecule has 5 nitrogen and oxygen atoms in total. The fourth-order valence-corrected chi connectivity index (χ4v) is 3.53. The molecule has 3 aromatic rings. The minimum atomic E-state index is 0.158. The molecule has 1 fully saturated rings. The van der Waals surface area contributed by atoms with Gasteiger partial charge in [0, 0.05) is 19.0 Å². The van der Waals surface area contributed by atoms with Crippen LogP contribution in [0.25, 0.3) is 11.0 Å². The van der Waals surface area contributed by atoms with Crippen molar-refractivity contribution in [3.05, 3.63) is 59.9 Å². The second kappa shape index (κ2) is 7.43. The second-order valence-corrected chi connectivity index (χ2v) is 7.06. The maximum absolute atomic E-state index is 13.2. The molecule has 0 atom stereocenters. The van der Waals surface area contributed by atoms with Gasteiger partial charge in [-0.05, 0) is 42.7 Å². The quantitative estimate of drug-likeness (QED) is 0.641. The number of carbonyl (C=O) groups excluding carboxylic acids is 1. The van der Waals surface area contributed by atoms with Crippen LogP contribution in [0.4, 0.5) is 0 Å². The average Bonchev–Trinajstić information content (AvgIpc) is 3.49. The van der Waals surface area contributed by atoms with E-state index in [1.54, 1.807) is 7.11 Å². The molecule has 0 radical (unpaired) electrons. The first-order valence-corrected chi connectivity index (χ1v) is 9.56. The van der Waals surface area contributed by atoms with E-state index in [4.69, 9.17) is 4.74 Å². The molecule has 5 heteroatoms. The van der Waals surface area contributed by atoms with Crippen molar-refractivity contribution in [2.24, 2.45) is 0 Å². The smallest absolute Gasteiger partial charge is 0.243 e. The van der Waals surface area contributed by atoms with E-state index in [0.29, 0.717) is 19.1 Å². The molecule has 1 amide bonds.